The fraction of sp³-hybridized carbons (Fsp3) is 0.857. The second-order valence-electron chi connectivity index (χ2n) is 5.59. The maximum atomic E-state index is 12.6. The third-order valence-electron chi connectivity index (χ3n) is 4.25. The van der Waals surface area contributed by atoms with Gasteiger partial charge in [0, 0.05) is 32.6 Å². The van der Waals surface area contributed by atoms with E-state index in [1.54, 1.807) is 4.90 Å². The lowest BCUT2D eigenvalue weighted by Crippen LogP contribution is -2.50. The van der Waals surface area contributed by atoms with Crippen LogP contribution in [0.2, 0.25) is 0 Å². The topological polar surface area (TPSA) is 52.7 Å². The summed E-state index contributed by atoms with van der Waals surface area (Å²) in [6.45, 7) is 4.59. The summed E-state index contributed by atoms with van der Waals surface area (Å²) in [6.07, 6.45) is 4.18. The van der Waals surface area contributed by atoms with Crippen molar-refractivity contribution in [2.45, 2.75) is 51.1 Å². The average molecular weight is 304 g/mol. The first kappa shape index (κ1) is 17.2. The predicted molar refractivity (Wildman–Crippen MR) is 80.9 cm³/mol. The lowest BCUT2D eigenvalue weighted by molar-refractivity contribution is -0.144. The van der Waals surface area contributed by atoms with E-state index in [2.05, 4.69) is 5.32 Å². The third-order valence-corrected chi connectivity index (χ3v) is 4.25. The number of halogens is 1. The van der Waals surface area contributed by atoms with Crippen molar-refractivity contribution in [3.8, 4) is 0 Å². The van der Waals surface area contributed by atoms with Crippen molar-refractivity contribution in [2.24, 2.45) is 0 Å². The molecule has 20 heavy (non-hydrogen) atoms. The largest absolute Gasteiger partial charge is 0.340 e. The second-order valence-corrected chi connectivity index (χ2v) is 5.59. The van der Waals surface area contributed by atoms with Gasteiger partial charge in [-0.15, -0.1) is 12.4 Å². The van der Waals surface area contributed by atoms with Gasteiger partial charge >= 0.3 is 0 Å². The zero-order valence-electron chi connectivity index (χ0n) is 12.4. The summed E-state index contributed by atoms with van der Waals surface area (Å²) in [5, 5.41) is 3.28. The Hall–Kier alpha value is -0.810. The molecule has 1 N–H and O–H groups in total. The number of rotatable bonds is 4. The number of hydrogen-bond donors (Lipinski definition) is 1. The Balaban J connectivity index is 0.00000200. The molecule has 0 aromatic heterocycles. The van der Waals surface area contributed by atoms with Gasteiger partial charge in [-0.2, -0.15) is 0 Å². The van der Waals surface area contributed by atoms with Crippen LogP contribution in [0.25, 0.3) is 0 Å². The Kier molecular flexibility index (Phi) is 6.76. The molecule has 0 saturated carbocycles. The second kappa shape index (κ2) is 7.84. The van der Waals surface area contributed by atoms with Crippen LogP contribution in [0.1, 0.15) is 39.0 Å². The lowest BCUT2D eigenvalue weighted by atomic mass is 10.1. The molecule has 2 heterocycles. The molecule has 2 atom stereocenters. The van der Waals surface area contributed by atoms with E-state index in [9.17, 15) is 9.59 Å². The summed E-state index contributed by atoms with van der Waals surface area (Å²) in [5.74, 6) is 0.256. The molecule has 0 aliphatic carbocycles. The summed E-state index contributed by atoms with van der Waals surface area (Å²) in [4.78, 5) is 28.2. The number of carbonyl (C=O) groups excluding carboxylic acids is 2. The van der Waals surface area contributed by atoms with Crippen LogP contribution in [0.15, 0.2) is 0 Å². The highest BCUT2D eigenvalue weighted by Crippen LogP contribution is 2.22. The first-order chi connectivity index (χ1) is 9.15. The van der Waals surface area contributed by atoms with E-state index in [0.29, 0.717) is 6.42 Å². The van der Waals surface area contributed by atoms with Crippen molar-refractivity contribution in [3.63, 3.8) is 0 Å². The van der Waals surface area contributed by atoms with Crippen LogP contribution >= 0.6 is 12.4 Å². The molecule has 0 spiro atoms. The van der Waals surface area contributed by atoms with Crippen molar-refractivity contribution in [2.75, 3.05) is 26.7 Å². The van der Waals surface area contributed by atoms with Crippen molar-refractivity contribution in [1.82, 2.24) is 15.1 Å². The fourth-order valence-electron chi connectivity index (χ4n) is 3.06. The molecule has 2 saturated heterocycles. The summed E-state index contributed by atoms with van der Waals surface area (Å²) < 4.78 is 0. The summed E-state index contributed by atoms with van der Waals surface area (Å²) in [7, 11) is 1.88. The molecule has 2 aliphatic rings. The molecule has 6 heteroatoms. The number of nitrogens with one attached hydrogen (secondary N) is 1. The van der Waals surface area contributed by atoms with Crippen LogP contribution in [0, 0.1) is 0 Å². The lowest BCUT2D eigenvalue weighted by Gasteiger charge is -2.31. The van der Waals surface area contributed by atoms with E-state index in [4.69, 9.17) is 0 Å². The first-order valence-electron chi connectivity index (χ1n) is 7.42. The molecule has 0 aromatic rings. The van der Waals surface area contributed by atoms with E-state index in [1.165, 1.54) is 0 Å². The van der Waals surface area contributed by atoms with Crippen molar-refractivity contribution < 1.29 is 9.59 Å². The molecule has 2 aliphatic heterocycles. The maximum absolute atomic E-state index is 12.6. The minimum Gasteiger partial charge on any atom is -0.340 e. The van der Waals surface area contributed by atoms with Gasteiger partial charge in [0.15, 0.2) is 0 Å². The molecular weight excluding hydrogens is 278 g/mol. The van der Waals surface area contributed by atoms with Crippen LogP contribution in [0.3, 0.4) is 0 Å². The minimum absolute atomic E-state index is 0. The highest BCUT2D eigenvalue weighted by Gasteiger charge is 2.37. The Labute approximate surface area is 127 Å². The number of amides is 2. The third kappa shape index (κ3) is 3.64. The van der Waals surface area contributed by atoms with Gasteiger partial charge in [-0.3, -0.25) is 9.59 Å². The van der Waals surface area contributed by atoms with Crippen LogP contribution in [-0.2, 0) is 9.59 Å². The Bertz CT molecular complexity index is 345. The van der Waals surface area contributed by atoms with Crippen molar-refractivity contribution in [3.05, 3.63) is 0 Å². The van der Waals surface area contributed by atoms with Gasteiger partial charge < -0.3 is 15.1 Å². The molecule has 0 aromatic carbocycles. The SMILES string of the molecule is CCCC(=O)N1CCCC1C(=O)N(C)C1CCNC1.Cl. The van der Waals surface area contributed by atoms with Crippen LogP contribution in [-0.4, -0.2) is 60.4 Å². The van der Waals surface area contributed by atoms with E-state index in [1.807, 2.05) is 18.9 Å². The number of carbonyl (C=O) groups is 2. The van der Waals surface area contributed by atoms with E-state index in [-0.39, 0.29) is 36.3 Å². The van der Waals surface area contributed by atoms with Gasteiger partial charge in [-0.25, -0.2) is 0 Å². The highest BCUT2D eigenvalue weighted by atomic mass is 35.5. The maximum Gasteiger partial charge on any atom is 0.245 e. The number of likely N-dealkylation sites (N-methyl/N-ethyl adjacent to an activating group) is 1. The van der Waals surface area contributed by atoms with Gasteiger partial charge in [-0.1, -0.05) is 6.92 Å². The van der Waals surface area contributed by atoms with Crippen molar-refractivity contribution in [1.29, 1.82) is 0 Å². The summed E-state index contributed by atoms with van der Waals surface area (Å²) in [5.41, 5.74) is 0. The monoisotopic (exact) mass is 303 g/mol. The van der Waals surface area contributed by atoms with Gasteiger partial charge in [0.05, 0.1) is 0 Å². The molecule has 116 valence electrons. The normalized spacial score (nSPS) is 25.4. The van der Waals surface area contributed by atoms with Gasteiger partial charge in [0.2, 0.25) is 11.8 Å². The molecule has 5 nitrogen and oxygen atoms in total. The van der Waals surface area contributed by atoms with Gasteiger partial charge in [0.1, 0.15) is 6.04 Å². The number of nitrogens with zero attached hydrogens (tertiary/aromatic N) is 2. The molecule has 2 fully saturated rings. The zero-order valence-corrected chi connectivity index (χ0v) is 13.2. The number of likely N-dealkylation sites (tertiary alicyclic amines) is 1. The smallest absolute Gasteiger partial charge is 0.245 e. The van der Waals surface area contributed by atoms with Gasteiger partial charge in [-0.05, 0) is 32.2 Å². The Morgan fingerprint density at radius 1 is 1.35 bits per heavy atom. The van der Waals surface area contributed by atoms with Gasteiger partial charge in [0.25, 0.3) is 0 Å². The summed E-state index contributed by atoms with van der Waals surface area (Å²) in [6, 6.07) is 0.0703. The molecule has 2 amide bonds. The molecule has 2 unspecified atom stereocenters. The van der Waals surface area contributed by atoms with E-state index in [0.717, 1.165) is 45.3 Å². The Morgan fingerprint density at radius 3 is 2.70 bits per heavy atom. The molecular formula is C14H26ClN3O2. The molecule has 2 rings (SSSR count). The fourth-order valence-corrected chi connectivity index (χ4v) is 3.06. The minimum atomic E-state index is -0.218. The standard InChI is InChI=1S/C14H25N3O2.ClH/c1-3-5-13(18)17-9-4-6-12(17)14(19)16(2)11-7-8-15-10-11;/h11-12,15H,3-10H2,1-2H3;1H. The van der Waals surface area contributed by atoms with Crippen LogP contribution in [0.4, 0.5) is 0 Å². The zero-order chi connectivity index (χ0) is 13.8. The van der Waals surface area contributed by atoms with Crippen LogP contribution in [0.5, 0.6) is 0 Å². The van der Waals surface area contributed by atoms with E-state index >= 15 is 0 Å². The Morgan fingerprint density at radius 2 is 2.10 bits per heavy atom. The molecule has 0 radical (unpaired) electrons. The molecule has 0 bridgehead atoms. The van der Waals surface area contributed by atoms with E-state index < -0.39 is 0 Å². The number of hydrogen-bond acceptors (Lipinski definition) is 3. The average Bonchev–Trinajstić information content (AvgIpc) is 3.08. The quantitative estimate of drug-likeness (QED) is 0.844. The summed E-state index contributed by atoms with van der Waals surface area (Å²) >= 11 is 0. The van der Waals surface area contributed by atoms with Crippen LogP contribution < -0.4 is 5.32 Å². The first-order valence-corrected chi connectivity index (χ1v) is 7.42. The van der Waals surface area contributed by atoms with Crippen molar-refractivity contribution >= 4 is 24.2 Å². The highest BCUT2D eigenvalue weighted by molar-refractivity contribution is 5.88. The predicted octanol–water partition coefficient (Wildman–Crippen LogP) is 1.02.